The molecular weight excluding hydrogens is 430 g/mol. The number of nitrogens with zero attached hydrogens (tertiary/aromatic N) is 3. The van der Waals surface area contributed by atoms with Crippen molar-refractivity contribution in [3.8, 4) is 22.8 Å². The van der Waals surface area contributed by atoms with Crippen LogP contribution in [0.15, 0.2) is 62.4 Å². The van der Waals surface area contributed by atoms with E-state index in [0.717, 1.165) is 20.5 Å². The van der Waals surface area contributed by atoms with Crippen LogP contribution in [0.4, 0.5) is 0 Å². The number of ether oxygens (including phenoxy) is 1. The molecule has 3 rings (SSSR count). The Balaban J connectivity index is 2.04. The number of halogens is 1. The minimum atomic E-state index is -0.0438. The van der Waals surface area contributed by atoms with Crippen molar-refractivity contribution in [3.05, 3.63) is 62.7 Å². The zero-order valence-corrected chi connectivity index (χ0v) is 16.9. The fourth-order valence-electron chi connectivity index (χ4n) is 2.33. The number of aromatic hydroxyl groups is 2. The van der Waals surface area contributed by atoms with E-state index in [9.17, 15) is 10.2 Å². The second-order valence-electron chi connectivity index (χ2n) is 5.58. The summed E-state index contributed by atoms with van der Waals surface area (Å²) >= 11 is 4.92. The van der Waals surface area contributed by atoms with Crippen LogP contribution in [0.2, 0.25) is 0 Å². The summed E-state index contributed by atoms with van der Waals surface area (Å²) < 4.78 is 7.79. The quantitative estimate of drug-likeness (QED) is 0.445. The topological polar surface area (TPSA) is 79.3 Å². The van der Waals surface area contributed by atoms with Crippen LogP contribution in [0.3, 0.4) is 0 Å². The van der Waals surface area contributed by atoms with E-state index >= 15 is 0 Å². The summed E-state index contributed by atoms with van der Waals surface area (Å²) in [5.74, 6) is -0.0451. The van der Waals surface area contributed by atoms with Gasteiger partial charge in [-0.2, -0.15) is 5.10 Å². The molecule has 27 heavy (non-hydrogen) atoms. The first-order chi connectivity index (χ1) is 13.1. The van der Waals surface area contributed by atoms with Crippen LogP contribution < -0.4 is 4.80 Å². The molecule has 0 bridgehead atoms. The van der Waals surface area contributed by atoms with Crippen LogP contribution in [0.5, 0.6) is 11.5 Å². The second-order valence-corrected chi connectivity index (χ2v) is 7.34. The van der Waals surface area contributed by atoms with E-state index in [1.165, 1.54) is 23.5 Å². The van der Waals surface area contributed by atoms with Gasteiger partial charge < -0.3 is 14.9 Å². The zero-order valence-electron chi connectivity index (χ0n) is 14.5. The van der Waals surface area contributed by atoms with Crippen molar-refractivity contribution in [2.24, 2.45) is 10.1 Å². The molecule has 0 fully saturated rings. The van der Waals surface area contributed by atoms with Crippen LogP contribution >= 0.6 is 27.3 Å². The average molecular weight is 448 g/mol. The predicted molar refractivity (Wildman–Crippen MR) is 111 cm³/mol. The van der Waals surface area contributed by atoms with Gasteiger partial charge in [0.25, 0.3) is 0 Å². The van der Waals surface area contributed by atoms with Gasteiger partial charge in [0.05, 0.1) is 25.1 Å². The Labute approximate surface area is 168 Å². The molecule has 0 aliphatic heterocycles. The summed E-state index contributed by atoms with van der Waals surface area (Å²) in [6.07, 6.45) is 1.54. The van der Waals surface area contributed by atoms with Gasteiger partial charge in [-0.05, 0) is 24.3 Å². The Morgan fingerprint density at radius 3 is 2.67 bits per heavy atom. The van der Waals surface area contributed by atoms with E-state index in [1.54, 1.807) is 24.1 Å². The number of rotatable bonds is 6. The molecular formula is C19H18BrN3O3S. The molecule has 2 aromatic carbocycles. The molecule has 0 radical (unpaired) electrons. The van der Waals surface area contributed by atoms with Crippen molar-refractivity contribution in [3.63, 3.8) is 0 Å². The molecule has 3 aromatic rings. The minimum Gasteiger partial charge on any atom is -0.508 e. The van der Waals surface area contributed by atoms with Crippen LogP contribution in [0, 0.1) is 0 Å². The molecule has 0 amide bonds. The van der Waals surface area contributed by atoms with Crippen molar-refractivity contribution in [2.45, 2.75) is 0 Å². The number of methoxy groups -OCH3 is 1. The van der Waals surface area contributed by atoms with Gasteiger partial charge in [-0.25, -0.2) is 4.68 Å². The molecule has 0 unspecified atom stereocenters. The van der Waals surface area contributed by atoms with Gasteiger partial charge in [-0.3, -0.25) is 4.99 Å². The maximum Gasteiger partial charge on any atom is 0.206 e. The number of hydrogen-bond acceptors (Lipinski definition) is 6. The molecule has 0 aliphatic rings. The standard InChI is InChI=1S/C19H18BrN3O3S/c1-26-9-8-21-19-23(22-11-14-4-7-16(24)10-18(14)25)17(12-27-19)13-2-5-15(20)6-3-13/h2-7,10-12,24-25H,8-9H2,1H3/b21-19?,22-11+. The van der Waals surface area contributed by atoms with Gasteiger partial charge >= 0.3 is 0 Å². The average Bonchev–Trinajstić information content (AvgIpc) is 3.05. The lowest BCUT2D eigenvalue weighted by Gasteiger charge is -2.05. The Kier molecular flexibility index (Phi) is 6.44. The van der Waals surface area contributed by atoms with Gasteiger partial charge in [-0.15, -0.1) is 11.3 Å². The SMILES string of the molecule is COCCN=c1scc(-c2ccc(Br)cc2)n1/N=C/c1ccc(O)cc1O. The summed E-state index contributed by atoms with van der Waals surface area (Å²) in [5, 5.41) is 25.9. The first kappa shape index (κ1) is 19.3. The van der Waals surface area contributed by atoms with Gasteiger partial charge in [0.2, 0.25) is 4.80 Å². The van der Waals surface area contributed by atoms with Crippen molar-refractivity contribution in [1.82, 2.24) is 4.68 Å². The summed E-state index contributed by atoms with van der Waals surface area (Å²) in [6.45, 7) is 1.05. The van der Waals surface area contributed by atoms with Gasteiger partial charge in [0.15, 0.2) is 0 Å². The fraction of sp³-hybridized carbons (Fsp3) is 0.158. The van der Waals surface area contributed by atoms with E-state index < -0.39 is 0 Å². The second kappa shape index (κ2) is 8.98. The smallest absolute Gasteiger partial charge is 0.206 e. The van der Waals surface area contributed by atoms with E-state index in [-0.39, 0.29) is 11.5 Å². The predicted octanol–water partition coefficient (Wildman–Crippen LogP) is 3.82. The van der Waals surface area contributed by atoms with Crippen molar-refractivity contribution in [1.29, 1.82) is 0 Å². The third kappa shape index (κ3) is 4.85. The maximum atomic E-state index is 9.98. The number of hydrogen-bond donors (Lipinski definition) is 2. The van der Waals surface area contributed by atoms with Crippen LogP contribution in [-0.2, 0) is 4.74 Å². The van der Waals surface area contributed by atoms with E-state index in [0.29, 0.717) is 18.7 Å². The Hall–Kier alpha value is -2.42. The Morgan fingerprint density at radius 2 is 1.96 bits per heavy atom. The van der Waals surface area contributed by atoms with Crippen molar-refractivity contribution < 1.29 is 14.9 Å². The van der Waals surface area contributed by atoms with Gasteiger partial charge in [-0.1, -0.05) is 28.1 Å². The van der Waals surface area contributed by atoms with Gasteiger partial charge in [0.1, 0.15) is 11.5 Å². The normalized spacial score (nSPS) is 12.1. The zero-order chi connectivity index (χ0) is 19.2. The highest BCUT2D eigenvalue weighted by Gasteiger charge is 2.08. The molecule has 6 nitrogen and oxygen atoms in total. The Bertz CT molecular complexity index is 1010. The minimum absolute atomic E-state index is 0.00126. The molecule has 1 heterocycles. The summed E-state index contributed by atoms with van der Waals surface area (Å²) in [5.41, 5.74) is 2.38. The molecule has 1 aromatic heterocycles. The van der Waals surface area contributed by atoms with E-state index in [1.807, 2.05) is 29.6 Å². The molecule has 0 atom stereocenters. The molecule has 0 saturated carbocycles. The highest BCUT2D eigenvalue weighted by atomic mass is 79.9. The highest BCUT2D eigenvalue weighted by Crippen LogP contribution is 2.24. The molecule has 8 heteroatoms. The highest BCUT2D eigenvalue weighted by molar-refractivity contribution is 9.10. The van der Waals surface area contributed by atoms with Gasteiger partial charge in [0, 0.05) is 34.2 Å². The molecule has 0 spiro atoms. The number of phenolic OH excluding ortho intramolecular Hbond substituents is 2. The largest absolute Gasteiger partial charge is 0.508 e. The monoisotopic (exact) mass is 447 g/mol. The first-order valence-electron chi connectivity index (χ1n) is 8.10. The maximum absolute atomic E-state index is 9.98. The number of aromatic nitrogens is 1. The number of thiazole rings is 1. The first-order valence-corrected chi connectivity index (χ1v) is 9.78. The van der Waals surface area contributed by atoms with E-state index in [4.69, 9.17) is 4.74 Å². The lowest BCUT2D eigenvalue weighted by atomic mass is 10.2. The van der Waals surface area contributed by atoms with Crippen LogP contribution in [0.1, 0.15) is 5.56 Å². The molecule has 140 valence electrons. The lowest BCUT2D eigenvalue weighted by molar-refractivity contribution is 0.207. The number of phenols is 2. The third-order valence-corrected chi connectivity index (χ3v) is 5.08. The van der Waals surface area contributed by atoms with Crippen LogP contribution in [-0.4, -0.2) is 41.4 Å². The fourth-order valence-corrected chi connectivity index (χ4v) is 3.46. The van der Waals surface area contributed by atoms with E-state index in [2.05, 4.69) is 26.0 Å². The van der Waals surface area contributed by atoms with Crippen molar-refractivity contribution >= 4 is 33.5 Å². The van der Waals surface area contributed by atoms with Crippen LogP contribution in [0.25, 0.3) is 11.3 Å². The third-order valence-electron chi connectivity index (χ3n) is 3.69. The summed E-state index contributed by atoms with van der Waals surface area (Å²) in [4.78, 5) is 5.26. The molecule has 2 N–H and O–H groups in total. The lowest BCUT2D eigenvalue weighted by Crippen LogP contribution is -2.13. The molecule has 0 saturated heterocycles. The summed E-state index contributed by atoms with van der Waals surface area (Å²) in [6, 6.07) is 12.3. The van der Waals surface area contributed by atoms with Crippen molar-refractivity contribution in [2.75, 3.05) is 20.3 Å². The Morgan fingerprint density at radius 1 is 1.19 bits per heavy atom. The molecule has 0 aliphatic carbocycles. The number of benzene rings is 2. The summed E-state index contributed by atoms with van der Waals surface area (Å²) in [7, 11) is 1.64.